The Hall–Kier alpha value is -1.38. The van der Waals surface area contributed by atoms with E-state index < -0.39 is 11.4 Å². The Bertz CT molecular complexity index is 429. The number of pyridine rings is 1. The number of rotatable bonds is 4. The van der Waals surface area contributed by atoms with Crippen LogP contribution in [0.25, 0.3) is 0 Å². The summed E-state index contributed by atoms with van der Waals surface area (Å²) in [4.78, 5) is 15.8. The number of aromatic nitrogens is 1. The van der Waals surface area contributed by atoms with Crippen LogP contribution in [0.5, 0.6) is 0 Å². The van der Waals surface area contributed by atoms with Gasteiger partial charge in [0, 0.05) is 12.4 Å². The van der Waals surface area contributed by atoms with Crippen molar-refractivity contribution in [2.75, 3.05) is 0 Å². The van der Waals surface area contributed by atoms with Crippen LogP contribution in [0.1, 0.15) is 51.5 Å². The van der Waals surface area contributed by atoms with Crippen molar-refractivity contribution in [3.63, 3.8) is 0 Å². The zero-order valence-electron chi connectivity index (χ0n) is 11.9. The highest BCUT2D eigenvalue weighted by Gasteiger charge is 2.43. The SMILES string of the molecule is CC1(C)CCC(CCc2cccnc2)(C(=O)O)CC1. The molecule has 1 saturated carbocycles. The Morgan fingerprint density at radius 2 is 2.00 bits per heavy atom. The van der Waals surface area contributed by atoms with Crippen LogP contribution in [-0.4, -0.2) is 16.1 Å². The molecule has 19 heavy (non-hydrogen) atoms. The molecular weight excluding hydrogens is 238 g/mol. The molecule has 0 unspecified atom stereocenters. The number of carboxylic acid groups (broad SMARTS) is 1. The van der Waals surface area contributed by atoms with Gasteiger partial charge in [0.25, 0.3) is 0 Å². The molecule has 0 amide bonds. The maximum atomic E-state index is 11.7. The molecule has 1 heterocycles. The lowest BCUT2D eigenvalue weighted by molar-refractivity contribution is -0.153. The van der Waals surface area contributed by atoms with Gasteiger partial charge < -0.3 is 5.11 Å². The highest BCUT2D eigenvalue weighted by molar-refractivity contribution is 5.74. The van der Waals surface area contributed by atoms with E-state index in [1.54, 1.807) is 6.20 Å². The van der Waals surface area contributed by atoms with Crippen LogP contribution in [-0.2, 0) is 11.2 Å². The number of hydrogen-bond acceptors (Lipinski definition) is 2. The van der Waals surface area contributed by atoms with Gasteiger partial charge in [-0.05, 0) is 55.6 Å². The summed E-state index contributed by atoms with van der Waals surface area (Å²) in [6.45, 7) is 4.47. The normalized spacial score (nSPS) is 20.9. The van der Waals surface area contributed by atoms with Crippen molar-refractivity contribution in [3.8, 4) is 0 Å². The summed E-state index contributed by atoms with van der Waals surface area (Å²) in [7, 11) is 0. The van der Waals surface area contributed by atoms with E-state index in [-0.39, 0.29) is 0 Å². The Balaban J connectivity index is 2.03. The van der Waals surface area contributed by atoms with Gasteiger partial charge in [-0.1, -0.05) is 19.9 Å². The summed E-state index contributed by atoms with van der Waals surface area (Å²) in [5.41, 5.74) is 0.909. The Morgan fingerprint density at radius 1 is 1.32 bits per heavy atom. The molecule has 1 aliphatic rings. The molecule has 1 N–H and O–H groups in total. The first kappa shape index (κ1) is 14.0. The lowest BCUT2D eigenvalue weighted by Crippen LogP contribution is -2.38. The number of aliphatic carboxylic acids is 1. The molecule has 2 rings (SSSR count). The lowest BCUT2D eigenvalue weighted by atomic mass is 9.63. The molecule has 0 radical (unpaired) electrons. The van der Waals surface area contributed by atoms with E-state index in [1.807, 2.05) is 18.3 Å². The highest BCUT2D eigenvalue weighted by Crippen LogP contribution is 2.47. The van der Waals surface area contributed by atoms with E-state index in [1.165, 1.54) is 0 Å². The van der Waals surface area contributed by atoms with Crippen molar-refractivity contribution in [3.05, 3.63) is 30.1 Å². The molecule has 0 atom stereocenters. The Labute approximate surface area is 115 Å². The summed E-state index contributed by atoms with van der Waals surface area (Å²) in [5.74, 6) is -0.619. The molecule has 1 aliphatic carbocycles. The first-order valence-electron chi connectivity index (χ1n) is 7.06. The Kier molecular flexibility index (Phi) is 3.93. The lowest BCUT2D eigenvalue weighted by Gasteiger charge is -2.41. The predicted octanol–water partition coefficient (Wildman–Crippen LogP) is 3.69. The molecule has 3 nitrogen and oxygen atoms in total. The summed E-state index contributed by atoms with van der Waals surface area (Å²) in [5, 5.41) is 9.62. The van der Waals surface area contributed by atoms with Gasteiger partial charge in [-0.25, -0.2) is 0 Å². The monoisotopic (exact) mass is 261 g/mol. The van der Waals surface area contributed by atoms with Gasteiger partial charge in [0.1, 0.15) is 0 Å². The first-order valence-corrected chi connectivity index (χ1v) is 7.06. The fourth-order valence-electron chi connectivity index (χ4n) is 2.91. The summed E-state index contributed by atoms with van der Waals surface area (Å²) < 4.78 is 0. The van der Waals surface area contributed by atoms with Crippen molar-refractivity contribution in [1.82, 2.24) is 4.98 Å². The van der Waals surface area contributed by atoms with Crippen LogP contribution in [0.3, 0.4) is 0 Å². The zero-order chi connectivity index (χ0) is 13.9. The molecule has 104 valence electrons. The fourth-order valence-corrected chi connectivity index (χ4v) is 2.91. The van der Waals surface area contributed by atoms with E-state index >= 15 is 0 Å². The van der Waals surface area contributed by atoms with Gasteiger partial charge in [-0.3, -0.25) is 9.78 Å². The quantitative estimate of drug-likeness (QED) is 0.899. The molecule has 0 spiro atoms. The van der Waals surface area contributed by atoms with Crippen LogP contribution in [0.15, 0.2) is 24.5 Å². The molecule has 1 fully saturated rings. The van der Waals surface area contributed by atoms with Crippen molar-refractivity contribution >= 4 is 5.97 Å². The number of nitrogens with zero attached hydrogens (tertiary/aromatic N) is 1. The van der Waals surface area contributed by atoms with Crippen LogP contribution in [0, 0.1) is 10.8 Å². The topological polar surface area (TPSA) is 50.2 Å². The third-order valence-corrected chi connectivity index (χ3v) is 4.63. The fraction of sp³-hybridized carbons (Fsp3) is 0.625. The van der Waals surface area contributed by atoms with Crippen molar-refractivity contribution in [2.45, 2.75) is 52.4 Å². The van der Waals surface area contributed by atoms with Crippen molar-refractivity contribution < 1.29 is 9.90 Å². The molecule has 0 aliphatic heterocycles. The third kappa shape index (κ3) is 3.34. The number of carboxylic acids is 1. The van der Waals surface area contributed by atoms with Gasteiger partial charge in [0.2, 0.25) is 0 Å². The second-order valence-electron chi connectivity index (χ2n) is 6.61. The minimum absolute atomic E-state index is 0.299. The highest BCUT2D eigenvalue weighted by atomic mass is 16.4. The average Bonchev–Trinajstić information content (AvgIpc) is 2.39. The van der Waals surface area contributed by atoms with E-state index in [2.05, 4.69) is 18.8 Å². The molecule has 0 bridgehead atoms. The number of aryl methyl sites for hydroxylation is 1. The third-order valence-electron chi connectivity index (χ3n) is 4.63. The maximum Gasteiger partial charge on any atom is 0.309 e. The maximum absolute atomic E-state index is 11.7. The van der Waals surface area contributed by atoms with E-state index in [4.69, 9.17) is 0 Å². The molecule has 3 heteroatoms. The van der Waals surface area contributed by atoms with E-state index in [9.17, 15) is 9.90 Å². The standard InChI is InChI=1S/C16H23NO2/c1-15(2)7-9-16(10-8-15,14(18)19)6-5-13-4-3-11-17-12-13/h3-4,11-12H,5-10H2,1-2H3,(H,18,19). The second-order valence-corrected chi connectivity index (χ2v) is 6.61. The first-order chi connectivity index (χ1) is 8.94. The summed E-state index contributed by atoms with van der Waals surface area (Å²) >= 11 is 0. The van der Waals surface area contributed by atoms with E-state index in [0.717, 1.165) is 44.1 Å². The molecule has 1 aromatic heterocycles. The minimum Gasteiger partial charge on any atom is -0.481 e. The van der Waals surface area contributed by atoms with Gasteiger partial charge in [-0.15, -0.1) is 0 Å². The largest absolute Gasteiger partial charge is 0.481 e. The van der Waals surface area contributed by atoms with Gasteiger partial charge in [0.15, 0.2) is 0 Å². The van der Waals surface area contributed by atoms with Crippen LogP contribution in [0.4, 0.5) is 0 Å². The molecular formula is C16H23NO2. The molecule has 1 aromatic rings. The number of carbonyl (C=O) groups is 1. The van der Waals surface area contributed by atoms with Gasteiger partial charge >= 0.3 is 5.97 Å². The minimum atomic E-state index is -0.619. The smallest absolute Gasteiger partial charge is 0.309 e. The molecule has 0 aromatic carbocycles. The van der Waals surface area contributed by atoms with Crippen molar-refractivity contribution in [1.29, 1.82) is 0 Å². The van der Waals surface area contributed by atoms with Crippen LogP contribution < -0.4 is 0 Å². The summed E-state index contributed by atoms with van der Waals surface area (Å²) in [6, 6.07) is 3.93. The van der Waals surface area contributed by atoms with Gasteiger partial charge in [0.05, 0.1) is 5.41 Å². The number of hydrogen-bond donors (Lipinski definition) is 1. The average molecular weight is 261 g/mol. The Morgan fingerprint density at radius 3 is 2.53 bits per heavy atom. The second kappa shape index (κ2) is 5.32. The van der Waals surface area contributed by atoms with Crippen LogP contribution >= 0.6 is 0 Å². The zero-order valence-corrected chi connectivity index (χ0v) is 11.9. The van der Waals surface area contributed by atoms with E-state index in [0.29, 0.717) is 5.41 Å². The molecule has 0 saturated heterocycles. The van der Waals surface area contributed by atoms with Crippen LogP contribution in [0.2, 0.25) is 0 Å². The summed E-state index contributed by atoms with van der Waals surface area (Å²) in [6.07, 6.45) is 8.73. The van der Waals surface area contributed by atoms with Gasteiger partial charge in [-0.2, -0.15) is 0 Å². The van der Waals surface area contributed by atoms with Crippen molar-refractivity contribution in [2.24, 2.45) is 10.8 Å². The predicted molar refractivity (Wildman–Crippen MR) is 74.9 cm³/mol.